The van der Waals surface area contributed by atoms with Crippen LogP contribution in [0.1, 0.15) is 27.2 Å². The fourth-order valence-corrected chi connectivity index (χ4v) is 2.62. The summed E-state index contributed by atoms with van der Waals surface area (Å²) in [5.74, 6) is -0.383. The molecule has 2 bridgehead atoms. The molecular weight excluding hydrogens is 206 g/mol. The molecule has 1 amide bonds. The van der Waals surface area contributed by atoms with Crippen molar-refractivity contribution in [1.82, 2.24) is 4.90 Å². The maximum Gasteiger partial charge on any atom is 0.303 e. The van der Waals surface area contributed by atoms with Gasteiger partial charge in [-0.15, -0.1) is 0 Å². The summed E-state index contributed by atoms with van der Waals surface area (Å²) in [7, 11) is 0. The molecule has 1 saturated heterocycles. The molecule has 1 aliphatic heterocycles. The van der Waals surface area contributed by atoms with Crippen molar-refractivity contribution < 1.29 is 14.3 Å². The lowest BCUT2D eigenvalue weighted by Crippen LogP contribution is -2.41. The molecule has 0 saturated carbocycles. The van der Waals surface area contributed by atoms with Crippen LogP contribution < -0.4 is 0 Å². The minimum absolute atomic E-state index is 0.0739. The van der Waals surface area contributed by atoms with Crippen molar-refractivity contribution in [1.29, 1.82) is 0 Å². The minimum Gasteiger partial charge on any atom is -0.459 e. The highest BCUT2D eigenvalue weighted by molar-refractivity contribution is 5.84. The minimum atomic E-state index is -0.311. The number of carbonyl (C=O) groups excluding carboxylic acids is 2. The van der Waals surface area contributed by atoms with Gasteiger partial charge in [-0.25, -0.2) is 0 Å². The van der Waals surface area contributed by atoms with Gasteiger partial charge in [0, 0.05) is 13.0 Å². The fourth-order valence-electron chi connectivity index (χ4n) is 2.62. The highest BCUT2D eigenvalue weighted by Gasteiger charge is 2.50. The van der Waals surface area contributed by atoms with Gasteiger partial charge in [0.05, 0.1) is 12.0 Å². The number of ether oxygens (including phenoxy) is 1. The summed E-state index contributed by atoms with van der Waals surface area (Å²) in [6.45, 7) is 5.36. The molecule has 0 aromatic rings. The van der Waals surface area contributed by atoms with Crippen molar-refractivity contribution >= 4 is 11.9 Å². The van der Waals surface area contributed by atoms with Gasteiger partial charge in [-0.05, 0) is 20.3 Å². The van der Waals surface area contributed by atoms with Gasteiger partial charge >= 0.3 is 5.97 Å². The molecule has 0 aromatic carbocycles. The van der Waals surface area contributed by atoms with Crippen LogP contribution in [0.5, 0.6) is 0 Å². The maximum atomic E-state index is 12.1. The third kappa shape index (κ3) is 1.62. The number of hydrogen-bond donors (Lipinski definition) is 0. The number of rotatable bonds is 2. The highest BCUT2D eigenvalue weighted by atomic mass is 16.5. The Morgan fingerprint density at radius 3 is 2.81 bits per heavy atom. The second-order valence-electron chi connectivity index (χ2n) is 4.67. The quantitative estimate of drug-likeness (QED) is 0.520. The lowest BCUT2D eigenvalue weighted by molar-refractivity contribution is -0.149. The number of carbonyl (C=O) groups is 2. The van der Waals surface area contributed by atoms with Gasteiger partial charge in [0.1, 0.15) is 6.10 Å². The van der Waals surface area contributed by atoms with Crippen LogP contribution in [0.2, 0.25) is 0 Å². The lowest BCUT2D eigenvalue weighted by atomic mass is 9.92. The zero-order valence-corrected chi connectivity index (χ0v) is 9.84. The molecule has 1 heterocycles. The predicted molar refractivity (Wildman–Crippen MR) is 58.6 cm³/mol. The molecule has 2 aliphatic rings. The van der Waals surface area contributed by atoms with E-state index in [-0.39, 0.29) is 36.0 Å². The molecule has 1 unspecified atom stereocenters. The molecule has 0 spiro atoms. The lowest BCUT2D eigenvalue weighted by Gasteiger charge is -2.29. The van der Waals surface area contributed by atoms with E-state index < -0.39 is 0 Å². The number of fused-ring (bicyclic) bond motifs is 2. The fraction of sp³-hybridized carbons (Fsp3) is 0.667. The molecular formula is C12H17NO3. The summed E-state index contributed by atoms with van der Waals surface area (Å²) in [6.07, 6.45) is 4.37. The predicted octanol–water partition coefficient (Wildman–Crippen LogP) is 1.11. The summed E-state index contributed by atoms with van der Waals surface area (Å²) >= 11 is 0. The first-order valence-electron chi connectivity index (χ1n) is 5.68. The average molecular weight is 223 g/mol. The van der Waals surface area contributed by atoms with Crippen LogP contribution in [0.25, 0.3) is 0 Å². The highest BCUT2D eigenvalue weighted by Crippen LogP contribution is 2.36. The van der Waals surface area contributed by atoms with Crippen molar-refractivity contribution in [2.75, 3.05) is 0 Å². The van der Waals surface area contributed by atoms with Gasteiger partial charge in [0.2, 0.25) is 5.91 Å². The maximum absolute atomic E-state index is 12.1. The van der Waals surface area contributed by atoms with Crippen LogP contribution >= 0.6 is 0 Å². The monoisotopic (exact) mass is 223 g/mol. The Bertz CT molecular complexity index is 348. The normalized spacial score (nSPS) is 32.4. The standard InChI is InChI=1S/C12H17NO3/c1-7(2)13-10-6-4-5-9(12(13)15)11(10)16-8(3)14/h4,6-7,9-11H,5H2,1-3H3/t9-,10+,11?/m0/s1. The number of esters is 1. The molecule has 3 atom stereocenters. The zero-order chi connectivity index (χ0) is 11.9. The number of hydrogen-bond acceptors (Lipinski definition) is 3. The number of amides is 1. The van der Waals surface area contributed by atoms with E-state index in [1.54, 1.807) is 0 Å². The van der Waals surface area contributed by atoms with Crippen molar-refractivity contribution in [3.63, 3.8) is 0 Å². The Morgan fingerprint density at radius 1 is 1.56 bits per heavy atom. The van der Waals surface area contributed by atoms with Crippen LogP contribution in [0.4, 0.5) is 0 Å². The summed E-state index contributed by atoms with van der Waals surface area (Å²) in [4.78, 5) is 25.0. The van der Waals surface area contributed by atoms with Crippen LogP contribution in [0.15, 0.2) is 12.2 Å². The molecule has 4 nitrogen and oxygen atoms in total. The van der Waals surface area contributed by atoms with E-state index in [9.17, 15) is 9.59 Å². The second kappa shape index (κ2) is 3.92. The van der Waals surface area contributed by atoms with Crippen molar-refractivity contribution in [3.8, 4) is 0 Å². The topological polar surface area (TPSA) is 46.6 Å². The van der Waals surface area contributed by atoms with Gasteiger partial charge < -0.3 is 9.64 Å². The SMILES string of the molecule is CC(=O)OC1[C@@H]2CC=C[C@H]1N(C(C)C)C2=O. The van der Waals surface area contributed by atoms with Gasteiger partial charge in [0.15, 0.2) is 0 Å². The Hall–Kier alpha value is -1.32. The Morgan fingerprint density at radius 2 is 2.25 bits per heavy atom. The largest absolute Gasteiger partial charge is 0.459 e. The first-order chi connectivity index (χ1) is 7.52. The van der Waals surface area contributed by atoms with Crippen molar-refractivity contribution in [2.24, 2.45) is 5.92 Å². The molecule has 88 valence electrons. The Labute approximate surface area is 95.2 Å². The summed E-state index contributed by atoms with van der Waals surface area (Å²) in [6, 6.07) is 0.0680. The third-order valence-corrected chi connectivity index (χ3v) is 3.21. The molecule has 16 heavy (non-hydrogen) atoms. The van der Waals surface area contributed by atoms with Gasteiger partial charge in [-0.2, -0.15) is 0 Å². The summed E-state index contributed by atoms with van der Waals surface area (Å²) < 4.78 is 5.28. The Balaban J connectivity index is 2.27. The van der Waals surface area contributed by atoms with E-state index in [4.69, 9.17) is 4.74 Å². The van der Waals surface area contributed by atoms with Crippen LogP contribution in [-0.2, 0) is 14.3 Å². The van der Waals surface area contributed by atoms with Crippen molar-refractivity contribution in [3.05, 3.63) is 12.2 Å². The molecule has 0 radical (unpaired) electrons. The van der Waals surface area contributed by atoms with E-state index in [2.05, 4.69) is 0 Å². The summed E-state index contributed by atoms with van der Waals surface area (Å²) in [5.41, 5.74) is 0. The first-order valence-corrected chi connectivity index (χ1v) is 5.68. The van der Waals surface area contributed by atoms with Gasteiger partial charge in [-0.3, -0.25) is 9.59 Å². The third-order valence-electron chi connectivity index (χ3n) is 3.21. The molecule has 4 heteroatoms. The molecule has 1 aliphatic carbocycles. The van der Waals surface area contributed by atoms with E-state index >= 15 is 0 Å². The average Bonchev–Trinajstić information content (AvgIpc) is 2.34. The molecule has 2 rings (SSSR count). The molecule has 0 N–H and O–H groups in total. The van der Waals surface area contributed by atoms with E-state index in [0.29, 0.717) is 6.42 Å². The van der Waals surface area contributed by atoms with Crippen LogP contribution in [0, 0.1) is 5.92 Å². The first kappa shape index (κ1) is 11.2. The smallest absolute Gasteiger partial charge is 0.303 e. The van der Waals surface area contributed by atoms with E-state index in [1.807, 2.05) is 30.9 Å². The molecule has 1 fully saturated rings. The zero-order valence-electron chi connectivity index (χ0n) is 9.84. The number of allylic oxidation sites excluding steroid dienone is 1. The van der Waals surface area contributed by atoms with Gasteiger partial charge in [0.25, 0.3) is 0 Å². The van der Waals surface area contributed by atoms with E-state index in [1.165, 1.54) is 6.92 Å². The van der Waals surface area contributed by atoms with Crippen molar-refractivity contribution in [2.45, 2.75) is 45.4 Å². The van der Waals surface area contributed by atoms with E-state index in [0.717, 1.165) is 0 Å². The molecule has 0 aromatic heterocycles. The summed E-state index contributed by atoms with van der Waals surface area (Å²) in [5, 5.41) is 0. The van der Waals surface area contributed by atoms with Crippen LogP contribution in [0.3, 0.4) is 0 Å². The number of nitrogens with zero attached hydrogens (tertiary/aromatic N) is 1. The second-order valence-corrected chi connectivity index (χ2v) is 4.67. The van der Waals surface area contributed by atoms with Crippen LogP contribution in [-0.4, -0.2) is 35.0 Å². The van der Waals surface area contributed by atoms with Gasteiger partial charge in [-0.1, -0.05) is 12.2 Å². The Kier molecular flexibility index (Phi) is 2.74. The number of likely N-dealkylation sites (tertiary alicyclic amines) is 1.